The van der Waals surface area contributed by atoms with Crippen molar-refractivity contribution in [1.29, 1.82) is 0 Å². The third kappa shape index (κ3) is 40.5. The topological polar surface area (TPSA) is 108 Å². The van der Waals surface area contributed by atoms with Crippen LogP contribution in [0.15, 0.2) is 85.1 Å². The number of quaternary nitrogens is 1. The summed E-state index contributed by atoms with van der Waals surface area (Å²) in [6.07, 6.45) is 46.6. The molecule has 0 aliphatic carbocycles. The van der Waals surface area contributed by atoms with Gasteiger partial charge < -0.3 is 28.5 Å². The van der Waals surface area contributed by atoms with Gasteiger partial charge in [-0.3, -0.25) is 9.59 Å². The summed E-state index contributed by atoms with van der Waals surface area (Å²) in [5, 5.41) is 9.60. The molecule has 2 atom stereocenters. The first-order valence-corrected chi connectivity index (χ1v) is 21.8. The zero-order chi connectivity index (χ0) is 42.1. The van der Waals surface area contributed by atoms with E-state index in [9.17, 15) is 19.5 Å². The summed E-state index contributed by atoms with van der Waals surface area (Å²) < 4.78 is 22.6. The predicted molar refractivity (Wildman–Crippen MR) is 235 cm³/mol. The fraction of sp³-hybridized carbons (Fsp3) is 0.646. The summed E-state index contributed by atoms with van der Waals surface area (Å²) in [6.45, 7) is 4.63. The molecule has 2 unspecified atom stereocenters. The van der Waals surface area contributed by atoms with Crippen LogP contribution >= 0.6 is 0 Å². The molecule has 9 heteroatoms. The molecule has 0 spiro atoms. The fourth-order valence-electron chi connectivity index (χ4n) is 5.29. The second-order valence-corrected chi connectivity index (χ2v) is 15.3. The van der Waals surface area contributed by atoms with Crippen molar-refractivity contribution in [1.82, 2.24) is 0 Å². The van der Waals surface area contributed by atoms with E-state index in [-0.39, 0.29) is 38.6 Å². The molecule has 0 saturated heterocycles. The second kappa shape index (κ2) is 39.3. The summed E-state index contributed by atoms with van der Waals surface area (Å²) in [5.41, 5.74) is 0. The van der Waals surface area contributed by atoms with Gasteiger partial charge >= 0.3 is 17.9 Å². The molecule has 324 valence electrons. The Balaban J connectivity index is 4.53. The van der Waals surface area contributed by atoms with Crippen LogP contribution < -0.4 is 0 Å². The number of carboxylic acid groups (broad SMARTS) is 1. The molecule has 0 fully saturated rings. The number of aliphatic carboxylic acids is 1. The molecule has 0 saturated carbocycles. The first-order chi connectivity index (χ1) is 27.6. The Kier molecular flexibility index (Phi) is 36.9. The molecule has 0 bridgehead atoms. The molecule has 0 radical (unpaired) electrons. The van der Waals surface area contributed by atoms with Gasteiger partial charge in [0.25, 0.3) is 6.29 Å². The lowest BCUT2D eigenvalue weighted by molar-refractivity contribution is -0.870. The maximum absolute atomic E-state index is 12.7. The highest BCUT2D eigenvalue weighted by Crippen LogP contribution is 2.12. The van der Waals surface area contributed by atoms with Crippen LogP contribution in [-0.2, 0) is 33.3 Å². The van der Waals surface area contributed by atoms with Gasteiger partial charge in [-0.2, -0.15) is 0 Å². The number of carboxylic acids is 1. The molecule has 57 heavy (non-hydrogen) atoms. The highest BCUT2D eigenvalue weighted by molar-refractivity contribution is 5.71. The molecular formula is C48H80NO8+. The van der Waals surface area contributed by atoms with Crippen molar-refractivity contribution in [2.45, 2.75) is 155 Å². The maximum atomic E-state index is 12.7. The van der Waals surface area contributed by atoms with Gasteiger partial charge in [0.2, 0.25) is 0 Å². The third-order valence-electron chi connectivity index (χ3n) is 8.67. The van der Waals surface area contributed by atoms with Gasteiger partial charge in [0.15, 0.2) is 6.10 Å². The van der Waals surface area contributed by atoms with E-state index >= 15 is 0 Å². The maximum Gasteiger partial charge on any atom is 0.361 e. The predicted octanol–water partition coefficient (Wildman–Crippen LogP) is 11.3. The molecule has 0 aliphatic heterocycles. The summed E-state index contributed by atoms with van der Waals surface area (Å²) >= 11 is 0. The number of ether oxygens (including phenoxy) is 4. The van der Waals surface area contributed by atoms with E-state index in [1.807, 2.05) is 27.2 Å². The lowest BCUT2D eigenvalue weighted by Gasteiger charge is -2.25. The summed E-state index contributed by atoms with van der Waals surface area (Å²) in [4.78, 5) is 36.9. The summed E-state index contributed by atoms with van der Waals surface area (Å²) in [5.74, 6) is -2.11. The van der Waals surface area contributed by atoms with Gasteiger partial charge in [-0.15, -0.1) is 0 Å². The number of allylic oxidation sites excluding steroid dienone is 14. The molecule has 0 aromatic heterocycles. The zero-order valence-electron chi connectivity index (χ0n) is 36.5. The number of likely N-dealkylation sites (N-methyl/N-ethyl adjacent to an activating group) is 1. The number of carbonyl (C=O) groups excluding carboxylic acids is 2. The van der Waals surface area contributed by atoms with Crippen LogP contribution in [0.25, 0.3) is 0 Å². The molecular weight excluding hydrogens is 719 g/mol. The van der Waals surface area contributed by atoms with E-state index in [0.29, 0.717) is 23.9 Å². The fourth-order valence-corrected chi connectivity index (χ4v) is 5.29. The number of hydrogen-bond acceptors (Lipinski definition) is 7. The average Bonchev–Trinajstić information content (AvgIpc) is 3.17. The van der Waals surface area contributed by atoms with E-state index in [2.05, 4.69) is 92.8 Å². The van der Waals surface area contributed by atoms with Crippen molar-refractivity contribution < 1.29 is 42.9 Å². The van der Waals surface area contributed by atoms with Crippen LogP contribution in [-0.4, -0.2) is 87.4 Å². The Morgan fingerprint density at radius 1 is 0.544 bits per heavy atom. The van der Waals surface area contributed by atoms with Gasteiger partial charge in [0.1, 0.15) is 13.2 Å². The highest BCUT2D eigenvalue weighted by Gasteiger charge is 2.25. The summed E-state index contributed by atoms with van der Waals surface area (Å²) in [6, 6.07) is 0. The minimum Gasteiger partial charge on any atom is -0.477 e. The van der Waals surface area contributed by atoms with Crippen LogP contribution in [0, 0.1) is 0 Å². The number of rotatable bonds is 38. The molecule has 0 heterocycles. The van der Waals surface area contributed by atoms with Gasteiger partial charge in [-0.05, 0) is 64.2 Å². The van der Waals surface area contributed by atoms with Gasteiger partial charge in [0, 0.05) is 12.8 Å². The van der Waals surface area contributed by atoms with Gasteiger partial charge in [0.05, 0.1) is 34.4 Å². The van der Waals surface area contributed by atoms with Crippen LogP contribution in [0.1, 0.15) is 142 Å². The van der Waals surface area contributed by atoms with Crippen LogP contribution in [0.5, 0.6) is 0 Å². The SMILES string of the molecule is CC/C=C\C/C=C\C/C=C\C/C=C\C/C=C\C/C=C\C/C=C\CCCC(=O)OC(COC(=O)CCCCCCCCCCC)COC(OCC[N+](C)(C)C)C(=O)O. The number of esters is 2. The summed E-state index contributed by atoms with van der Waals surface area (Å²) in [7, 11) is 5.92. The smallest absolute Gasteiger partial charge is 0.361 e. The molecule has 0 amide bonds. The molecule has 9 nitrogen and oxygen atoms in total. The first-order valence-electron chi connectivity index (χ1n) is 21.8. The normalized spacial score (nSPS) is 13.8. The van der Waals surface area contributed by atoms with Crippen molar-refractivity contribution in [2.24, 2.45) is 0 Å². The minimum atomic E-state index is -1.53. The Bertz CT molecular complexity index is 1210. The second-order valence-electron chi connectivity index (χ2n) is 15.3. The lowest BCUT2D eigenvalue weighted by atomic mass is 10.1. The monoisotopic (exact) mass is 799 g/mol. The van der Waals surface area contributed by atoms with Crippen LogP contribution in [0.3, 0.4) is 0 Å². The van der Waals surface area contributed by atoms with E-state index < -0.39 is 24.3 Å². The largest absolute Gasteiger partial charge is 0.477 e. The van der Waals surface area contributed by atoms with Crippen LogP contribution in [0.4, 0.5) is 0 Å². The zero-order valence-corrected chi connectivity index (χ0v) is 36.5. The van der Waals surface area contributed by atoms with E-state index in [0.717, 1.165) is 64.2 Å². The number of carbonyl (C=O) groups is 3. The number of unbranched alkanes of at least 4 members (excludes halogenated alkanes) is 9. The highest BCUT2D eigenvalue weighted by atomic mass is 16.7. The van der Waals surface area contributed by atoms with Crippen molar-refractivity contribution in [2.75, 3.05) is 47.5 Å². The number of nitrogens with zero attached hydrogens (tertiary/aromatic N) is 1. The van der Waals surface area contributed by atoms with Crippen molar-refractivity contribution in [3.8, 4) is 0 Å². The molecule has 1 N–H and O–H groups in total. The molecule has 0 aromatic rings. The average molecular weight is 799 g/mol. The Hall–Kier alpha value is -3.53. The van der Waals surface area contributed by atoms with Gasteiger partial charge in [-0.25, -0.2) is 4.79 Å². The first kappa shape index (κ1) is 53.5. The van der Waals surface area contributed by atoms with E-state index in [1.54, 1.807) is 0 Å². The standard InChI is InChI=1S/C48H79NO8/c1-6-8-10-12-14-16-17-18-19-20-21-22-23-24-25-26-27-28-29-31-33-35-37-39-46(51)57-44(43-56-48(47(52)53)54-41-40-49(3,4)5)42-55-45(50)38-36-34-32-30-15-13-11-9-7-2/h8,10,14,16,18-19,21-22,24-25,27-28,31,33,44,48H,6-7,9,11-13,15,17,20,23,26,29-30,32,34-43H2,1-5H3/p+1/b10-8-,16-14-,19-18-,22-21-,25-24-,28-27-,33-31-. The van der Waals surface area contributed by atoms with E-state index in [1.165, 1.54) is 38.5 Å². The lowest BCUT2D eigenvalue weighted by Crippen LogP contribution is -2.40. The molecule has 0 aliphatic rings. The molecule has 0 aromatic carbocycles. The van der Waals surface area contributed by atoms with Crippen LogP contribution in [0.2, 0.25) is 0 Å². The van der Waals surface area contributed by atoms with E-state index in [4.69, 9.17) is 18.9 Å². The van der Waals surface area contributed by atoms with Gasteiger partial charge in [-0.1, -0.05) is 150 Å². The minimum absolute atomic E-state index is 0.173. The Morgan fingerprint density at radius 2 is 1.00 bits per heavy atom. The van der Waals surface area contributed by atoms with Crippen molar-refractivity contribution >= 4 is 17.9 Å². The van der Waals surface area contributed by atoms with Crippen molar-refractivity contribution in [3.05, 3.63) is 85.1 Å². The Morgan fingerprint density at radius 3 is 1.47 bits per heavy atom. The third-order valence-corrected chi connectivity index (χ3v) is 8.67. The molecule has 0 rings (SSSR count). The van der Waals surface area contributed by atoms with Crippen molar-refractivity contribution in [3.63, 3.8) is 0 Å². The number of hydrogen-bond donors (Lipinski definition) is 1. The quantitative estimate of drug-likeness (QED) is 0.0216. The Labute approximate surface area is 347 Å².